The van der Waals surface area contributed by atoms with Gasteiger partial charge in [-0.25, -0.2) is 4.68 Å². The summed E-state index contributed by atoms with van der Waals surface area (Å²) in [7, 11) is 0. The summed E-state index contributed by atoms with van der Waals surface area (Å²) < 4.78 is 2.61. The molecule has 0 saturated carbocycles. The Morgan fingerprint density at radius 2 is 2.19 bits per heavy atom. The van der Waals surface area contributed by atoms with Gasteiger partial charge in [0.2, 0.25) is 11.0 Å². The van der Waals surface area contributed by atoms with E-state index in [1.54, 1.807) is 0 Å². The third-order valence-corrected chi connectivity index (χ3v) is 6.51. The van der Waals surface area contributed by atoms with Crippen molar-refractivity contribution >= 4 is 57.3 Å². The Balaban J connectivity index is 1.44. The van der Waals surface area contributed by atoms with Crippen LogP contribution in [0.15, 0.2) is 35.7 Å². The van der Waals surface area contributed by atoms with E-state index in [4.69, 9.17) is 12.2 Å². The Hall–Kier alpha value is -2.07. The van der Waals surface area contributed by atoms with Crippen molar-refractivity contribution in [1.29, 1.82) is 0 Å². The summed E-state index contributed by atoms with van der Waals surface area (Å²) in [5.41, 5.74) is 3.02. The van der Waals surface area contributed by atoms with Crippen LogP contribution >= 0.6 is 34.9 Å². The number of thiophene rings is 1. The van der Waals surface area contributed by atoms with Crippen molar-refractivity contribution in [2.24, 2.45) is 0 Å². The molecule has 1 aliphatic heterocycles. The van der Waals surface area contributed by atoms with Crippen molar-refractivity contribution in [3.63, 3.8) is 0 Å². The van der Waals surface area contributed by atoms with E-state index < -0.39 is 0 Å². The van der Waals surface area contributed by atoms with Gasteiger partial charge in [0.25, 0.3) is 0 Å². The Morgan fingerprint density at radius 1 is 1.33 bits per heavy atom. The highest BCUT2D eigenvalue weighted by atomic mass is 32.1. The maximum absolute atomic E-state index is 11.2. The summed E-state index contributed by atoms with van der Waals surface area (Å²) in [6, 6.07) is 9.75. The lowest BCUT2D eigenvalue weighted by Gasteiger charge is -2.26. The van der Waals surface area contributed by atoms with Gasteiger partial charge in [-0.2, -0.15) is 0 Å². The number of benzene rings is 1. The molecular weight excluding hydrogens is 398 g/mol. The number of nitrogens with one attached hydrogen (secondary N) is 2. The smallest absolute Gasteiger partial charge is 0.221 e. The molecule has 3 heterocycles. The van der Waals surface area contributed by atoms with E-state index in [2.05, 4.69) is 32.1 Å². The van der Waals surface area contributed by atoms with Crippen LogP contribution in [-0.4, -0.2) is 27.1 Å². The zero-order valence-electron chi connectivity index (χ0n) is 14.8. The zero-order chi connectivity index (χ0) is 18.8. The summed E-state index contributed by atoms with van der Waals surface area (Å²) in [5, 5.41) is 13.6. The molecule has 0 atom stereocenters. The number of carbonyl (C=O) groups excluding carboxylic acids is 1. The molecule has 2 N–H and O–H groups in total. The van der Waals surface area contributed by atoms with E-state index in [9.17, 15) is 4.79 Å². The van der Waals surface area contributed by atoms with Crippen molar-refractivity contribution in [2.75, 3.05) is 17.2 Å². The quantitative estimate of drug-likeness (QED) is 0.601. The molecule has 1 aliphatic rings. The molecule has 0 spiro atoms. The van der Waals surface area contributed by atoms with Crippen LogP contribution < -0.4 is 10.6 Å². The second-order valence-corrected chi connectivity index (χ2v) is 9.00. The average Bonchev–Trinajstić information content (AvgIpc) is 3.21. The highest BCUT2D eigenvalue weighted by Gasteiger charge is 2.18. The van der Waals surface area contributed by atoms with Gasteiger partial charge in [-0.15, -0.1) is 16.4 Å². The van der Waals surface area contributed by atoms with E-state index in [1.807, 2.05) is 40.3 Å². The fourth-order valence-corrected chi connectivity index (χ4v) is 4.97. The minimum Gasteiger partial charge on any atom is -0.330 e. The number of anilines is 3. The lowest BCUT2D eigenvalue weighted by Crippen LogP contribution is -2.32. The van der Waals surface area contributed by atoms with Gasteiger partial charge in [-0.05, 0) is 53.8 Å². The molecule has 4 rings (SSSR count). The largest absolute Gasteiger partial charge is 0.330 e. The second-order valence-electron chi connectivity index (χ2n) is 6.37. The molecule has 140 valence electrons. The first kappa shape index (κ1) is 18.3. The molecule has 3 aromatic rings. The van der Waals surface area contributed by atoms with Crippen molar-refractivity contribution in [1.82, 2.24) is 14.7 Å². The minimum atomic E-state index is -0.0950. The number of rotatable bonds is 5. The summed E-state index contributed by atoms with van der Waals surface area (Å²) in [6.45, 7) is 4.15. The maximum atomic E-state index is 11.2. The third kappa shape index (κ3) is 4.44. The lowest BCUT2D eigenvalue weighted by atomic mass is 10.1. The highest BCUT2D eigenvalue weighted by Crippen LogP contribution is 2.26. The fraction of sp³-hybridized carbons (Fsp3) is 0.278. The summed E-state index contributed by atoms with van der Waals surface area (Å²) in [5.74, 6) is -0.0950. The minimum absolute atomic E-state index is 0.0950. The van der Waals surface area contributed by atoms with Crippen LogP contribution in [0.1, 0.15) is 17.4 Å². The molecule has 1 amide bonds. The zero-order valence-corrected chi connectivity index (χ0v) is 17.2. The number of amides is 1. The first-order valence-electron chi connectivity index (χ1n) is 8.57. The number of nitrogens with zero attached hydrogens (tertiary/aromatic N) is 3. The molecule has 0 fully saturated rings. The van der Waals surface area contributed by atoms with Crippen molar-refractivity contribution in [2.45, 2.75) is 26.6 Å². The number of hydrogen-bond donors (Lipinski definition) is 2. The van der Waals surface area contributed by atoms with Gasteiger partial charge in [-0.3, -0.25) is 9.69 Å². The highest BCUT2D eigenvalue weighted by molar-refractivity contribution is 7.73. The third-order valence-electron chi connectivity index (χ3n) is 4.26. The first-order valence-corrected chi connectivity index (χ1v) is 10.7. The molecule has 2 aromatic heterocycles. The predicted molar refractivity (Wildman–Crippen MR) is 113 cm³/mol. The summed E-state index contributed by atoms with van der Waals surface area (Å²) in [6.07, 6.45) is 1.09. The maximum Gasteiger partial charge on any atom is 0.221 e. The number of hydrogen-bond acceptors (Lipinski definition) is 7. The molecule has 27 heavy (non-hydrogen) atoms. The second kappa shape index (κ2) is 7.89. The number of fused-ring (bicyclic) bond motifs is 1. The van der Waals surface area contributed by atoms with Gasteiger partial charge in [0.15, 0.2) is 3.95 Å². The molecule has 0 bridgehead atoms. The van der Waals surface area contributed by atoms with E-state index >= 15 is 0 Å². The van der Waals surface area contributed by atoms with Crippen molar-refractivity contribution < 1.29 is 4.79 Å². The van der Waals surface area contributed by atoms with Gasteiger partial charge in [0.05, 0.1) is 6.67 Å². The molecule has 0 unspecified atom stereocenters. The van der Waals surface area contributed by atoms with Crippen LogP contribution in [0.25, 0.3) is 0 Å². The van der Waals surface area contributed by atoms with Gasteiger partial charge in [0.1, 0.15) is 0 Å². The van der Waals surface area contributed by atoms with Gasteiger partial charge < -0.3 is 10.6 Å². The van der Waals surface area contributed by atoms with Crippen LogP contribution in [0, 0.1) is 3.95 Å². The Bertz CT molecular complexity index is 1020. The topological polar surface area (TPSA) is 62.2 Å². The number of carbonyl (C=O) groups is 1. The molecule has 0 saturated heterocycles. The Morgan fingerprint density at radius 3 is 3.04 bits per heavy atom. The first-order chi connectivity index (χ1) is 13.1. The van der Waals surface area contributed by atoms with Crippen LogP contribution in [0.5, 0.6) is 0 Å². The van der Waals surface area contributed by atoms with E-state index in [-0.39, 0.29) is 5.91 Å². The van der Waals surface area contributed by atoms with Gasteiger partial charge in [-0.1, -0.05) is 17.4 Å². The Kier molecular flexibility index (Phi) is 5.35. The summed E-state index contributed by atoms with van der Waals surface area (Å²) >= 11 is 8.79. The SMILES string of the molecule is CC(=O)Nc1cccc(Nc2nn(CN3CCc4sccc4C3)c(=S)s2)c1. The fourth-order valence-electron chi connectivity index (χ4n) is 3.06. The summed E-state index contributed by atoms with van der Waals surface area (Å²) in [4.78, 5) is 15.1. The molecule has 6 nitrogen and oxygen atoms in total. The molecule has 9 heteroatoms. The van der Waals surface area contributed by atoms with Crippen molar-refractivity contribution in [3.05, 3.63) is 50.1 Å². The van der Waals surface area contributed by atoms with Crippen LogP contribution in [0.4, 0.5) is 16.5 Å². The van der Waals surface area contributed by atoms with Crippen LogP contribution in [0.3, 0.4) is 0 Å². The van der Waals surface area contributed by atoms with Gasteiger partial charge >= 0.3 is 0 Å². The van der Waals surface area contributed by atoms with Crippen molar-refractivity contribution in [3.8, 4) is 0 Å². The monoisotopic (exact) mass is 417 g/mol. The Labute approximate surface area is 170 Å². The van der Waals surface area contributed by atoms with E-state index in [1.165, 1.54) is 28.7 Å². The predicted octanol–water partition coefficient (Wildman–Crippen LogP) is 4.45. The van der Waals surface area contributed by atoms with Crippen LogP contribution in [-0.2, 0) is 24.4 Å². The lowest BCUT2D eigenvalue weighted by molar-refractivity contribution is -0.114. The van der Waals surface area contributed by atoms with Gasteiger partial charge in [0, 0.05) is 36.3 Å². The van der Waals surface area contributed by atoms with E-state index in [0.29, 0.717) is 6.67 Å². The molecule has 1 aromatic carbocycles. The molecule has 0 aliphatic carbocycles. The van der Waals surface area contributed by atoms with E-state index in [0.717, 1.165) is 40.0 Å². The molecular formula is C18H19N5OS3. The molecule has 0 radical (unpaired) electrons. The number of aromatic nitrogens is 2. The average molecular weight is 418 g/mol. The normalized spacial score (nSPS) is 14.0. The standard InChI is InChI=1S/C18H19N5OS3/c1-12(24)19-14-3-2-4-15(9-14)20-17-21-23(18(25)27-17)11-22-7-5-16-13(10-22)6-8-26-16/h2-4,6,8-9H,5,7,10-11H2,1H3,(H,19,24)(H,20,21). The van der Waals surface area contributed by atoms with Crippen LogP contribution in [0.2, 0.25) is 0 Å².